The minimum Gasteiger partial charge on any atom is -0.356 e. The van der Waals surface area contributed by atoms with E-state index in [0.717, 1.165) is 25.1 Å². The van der Waals surface area contributed by atoms with Crippen molar-refractivity contribution in [3.63, 3.8) is 0 Å². The quantitative estimate of drug-likeness (QED) is 0.875. The molecule has 0 radical (unpaired) electrons. The highest BCUT2D eigenvalue weighted by molar-refractivity contribution is 7.10. The van der Waals surface area contributed by atoms with Crippen LogP contribution >= 0.6 is 11.3 Å². The van der Waals surface area contributed by atoms with Crippen LogP contribution in [-0.4, -0.2) is 40.7 Å². The number of carbonyl (C=O) groups is 1. The molecule has 0 bridgehead atoms. The number of rotatable bonds is 6. The van der Waals surface area contributed by atoms with Gasteiger partial charge in [-0.15, -0.1) is 11.3 Å². The Labute approximate surface area is 147 Å². The third-order valence-electron chi connectivity index (χ3n) is 4.80. The average molecular weight is 346 g/mol. The highest BCUT2D eigenvalue weighted by Crippen LogP contribution is 2.36. The third kappa shape index (κ3) is 4.24. The summed E-state index contributed by atoms with van der Waals surface area (Å²) in [6, 6.07) is 4.76. The Bertz CT molecular complexity index is 652. The van der Waals surface area contributed by atoms with Gasteiger partial charge < -0.3 is 5.32 Å². The van der Waals surface area contributed by atoms with Crippen molar-refractivity contribution in [1.29, 1.82) is 0 Å². The van der Waals surface area contributed by atoms with Gasteiger partial charge in [-0.1, -0.05) is 6.07 Å². The van der Waals surface area contributed by atoms with E-state index in [2.05, 4.69) is 39.9 Å². The topological polar surface area (TPSA) is 50.2 Å². The summed E-state index contributed by atoms with van der Waals surface area (Å²) in [7, 11) is 4.09. The molecule has 6 heteroatoms. The van der Waals surface area contributed by atoms with Crippen molar-refractivity contribution in [3.8, 4) is 0 Å². The molecule has 0 aliphatic carbocycles. The van der Waals surface area contributed by atoms with Gasteiger partial charge in [-0.25, -0.2) is 0 Å². The van der Waals surface area contributed by atoms with Crippen molar-refractivity contribution < 1.29 is 4.79 Å². The molecule has 0 unspecified atom stereocenters. The Balaban J connectivity index is 1.51. The van der Waals surface area contributed by atoms with Gasteiger partial charge in [-0.05, 0) is 55.8 Å². The van der Waals surface area contributed by atoms with E-state index in [4.69, 9.17) is 0 Å². The molecule has 1 amide bonds. The molecule has 1 fully saturated rings. The summed E-state index contributed by atoms with van der Waals surface area (Å²) in [4.78, 5) is 16.0. The molecule has 0 aromatic carbocycles. The van der Waals surface area contributed by atoms with E-state index in [0.29, 0.717) is 18.4 Å². The maximum absolute atomic E-state index is 12.2. The van der Waals surface area contributed by atoms with Gasteiger partial charge in [0.1, 0.15) is 0 Å². The number of hydrogen-bond donors (Lipinski definition) is 1. The summed E-state index contributed by atoms with van der Waals surface area (Å²) >= 11 is 1.82. The van der Waals surface area contributed by atoms with Crippen molar-refractivity contribution in [2.45, 2.75) is 31.7 Å². The van der Waals surface area contributed by atoms with Crippen LogP contribution in [0.3, 0.4) is 0 Å². The van der Waals surface area contributed by atoms with Crippen LogP contribution < -0.4 is 5.32 Å². The van der Waals surface area contributed by atoms with E-state index < -0.39 is 0 Å². The maximum atomic E-state index is 12.2. The minimum atomic E-state index is 0.136. The van der Waals surface area contributed by atoms with Crippen LogP contribution in [0, 0.1) is 5.92 Å². The fraction of sp³-hybridized carbons (Fsp3) is 0.556. The zero-order valence-corrected chi connectivity index (χ0v) is 15.3. The van der Waals surface area contributed by atoms with Gasteiger partial charge in [0.05, 0.1) is 6.20 Å². The van der Waals surface area contributed by atoms with E-state index in [1.54, 1.807) is 4.68 Å². The molecule has 1 N–H and O–H groups in total. The van der Waals surface area contributed by atoms with E-state index in [-0.39, 0.29) is 5.91 Å². The first-order valence-electron chi connectivity index (χ1n) is 8.61. The smallest absolute Gasteiger partial charge is 0.220 e. The van der Waals surface area contributed by atoms with Crippen LogP contribution in [0.15, 0.2) is 29.9 Å². The molecule has 1 saturated heterocycles. The molecule has 0 spiro atoms. The van der Waals surface area contributed by atoms with Crippen molar-refractivity contribution in [2.75, 3.05) is 20.1 Å². The Hall–Kier alpha value is -1.66. The van der Waals surface area contributed by atoms with Gasteiger partial charge >= 0.3 is 0 Å². The SMILES string of the molecule is CN1CCC[C@H](CNC(=O)CCc2cnn(C)c2)[C@H]1c1cccs1. The lowest BCUT2D eigenvalue weighted by atomic mass is 9.88. The molecule has 2 atom stereocenters. The van der Waals surface area contributed by atoms with Crippen LogP contribution in [0.2, 0.25) is 0 Å². The summed E-state index contributed by atoms with van der Waals surface area (Å²) < 4.78 is 1.77. The molecule has 0 saturated carbocycles. The average Bonchev–Trinajstić information content (AvgIpc) is 3.22. The number of piperidine rings is 1. The molecule has 1 aliphatic rings. The lowest BCUT2D eigenvalue weighted by Gasteiger charge is -2.38. The highest BCUT2D eigenvalue weighted by atomic mass is 32.1. The third-order valence-corrected chi connectivity index (χ3v) is 5.75. The number of nitrogens with one attached hydrogen (secondary N) is 1. The van der Waals surface area contributed by atoms with Crippen molar-refractivity contribution in [3.05, 3.63) is 40.3 Å². The van der Waals surface area contributed by atoms with Gasteiger partial charge in [-0.3, -0.25) is 14.4 Å². The van der Waals surface area contributed by atoms with Crippen LogP contribution in [0.5, 0.6) is 0 Å². The standard InChI is InChI=1S/C18H26N4OS/c1-21-9-3-5-15(18(21)16-6-4-10-24-16)12-19-17(23)8-7-14-11-20-22(2)13-14/h4,6,10-11,13,15,18H,3,5,7-9,12H2,1-2H3,(H,19,23)/t15-,18+/m1/s1. The number of aromatic nitrogens is 2. The zero-order valence-electron chi connectivity index (χ0n) is 14.4. The normalized spacial score (nSPS) is 21.8. The predicted octanol–water partition coefficient (Wildman–Crippen LogP) is 2.61. The van der Waals surface area contributed by atoms with Crippen molar-refractivity contribution >= 4 is 17.2 Å². The lowest BCUT2D eigenvalue weighted by Crippen LogP contribution is -2.41. The number of hydrogen-bond acceptors (Lipinski definition) is 4. The molecule has 24 heavy (non-hydrogen) atoms. The second-order valence-electron chi connectivity index (χ2n) is 6.67. The molecule has 5 nitrogen and oxygen atoms in total. The Morgan fingerprint density at radius 2 is 2.33 bits per heavy atom. The fourth-order valence-corrected chi connectivity index (χ4v) is 4.56. The summed E-state index contributed by atoms with van der Waals surface area (Å²) in [6.45, 7) is 1.90. The second kappa shape index (κ2) is 7.94. The molecular weight excluding hydrogens is 320 g/mol. The lowest BCUT2D eigenvalue weighted by molar-refractivity contribution is -0.121. The van der Waals surface area contributed by atoms with E-state index in [1.807, 2.05) is 30.8 Å². The van der Waals surface area contributed by atoms with E-state index >= 15 is 0 Å². The van der Waals surface area contributed by atoms with Gasteiger partial charge in [0.15, 0.2) is 0 Å². The second-order valence-corrected chi connectivity index (χ2v) is 7.65. The van der Waals surface area contributed by atoms with Crippen LogP contribution in [0.1, 0.15) is 35.7 Å². The molecule has 2 aromatic heterocycles. The molecule has 130 valence electrons. The number of likely N-dealkylation sites (tertiary alicyclic amines) is 1. The summed E-state index contributed by atoms with van der Waals surface area (Å²) in [5, 5.41) is 9.44. The van der Waals surface area contributed by atoms with Crippen LogP contribution in [0.25, 0.3) is 0 Å². The van der Waals surface area contributed by atoms with Crippen molar-refractivity contribution in [2.24, 2.45) is 13.0 Å². The number of thiophene rings is 1. The molecule has 1 aliphatic heterocycles. The Kier molecular flexibility index (Phi) is 5.68. The zero-order chi connectivity index (χ0) is 16.9. The minimum absolute atomic E-state index is 0.136. The number of nitrogens with zero attached hydrogens (tertiary/aromatic N) is 3. The van der Waals surface area contributed by atoms with Gasteiger partial charge in [0.2, 0.25) is 5.91 Å². The van der Waals surface area contributed by atoms with Crippen LogP contribution in [0.4, 0.5) is 0 Å². The van der Waals surface area contributed by atoms with Gasteiger partial charge in [0.25, 0.3) is 0 Å². The Morgan fingerprint density at radius 1 is 1.46 bits per heavy atom. The monoisotopic (exact) mass is 346 g/mol. The first-order chi connectivity index (χ1) is 11.6. The summed E-state index contributed by atoms with van der Waals surface area (Å²) in [5.74, 6) is 0.627. The first kappa shape index (κ1) is 17.2. The largest absolute Gasteiger partial charge is 0.356 e. The van der Waals surface area contributed by atoms with Gasteiger partial charge in [-0.2, -0.15) is 5.10 Å². The van der Waals surface area contributed by atoms with Crippen molar-refractivity contribution in [1.82, 2.24) is 20.0 Å². The highest BCUT2D eigenvalue weighted by Gasteiger charge is 2.31. The number of amides is 1. The first-order valence-corrected chi connectivity index (χ1v) is 9.49. The molecule has 2 aromatic rings. The van der Waals surface area contributed by atoms with Crippen LogP contribution in [-0.2, 0) is 18.3 Å². The Morgan fingerprint density at radius 3 is 3.04 bits per heavy atom. The molecular formula is C18H26N4OS. The fourth-order valence-electron chi connectivity index (χ4n) is 3.57. The predicted molar refractivity (Wildman–Crippen MR) is 97.0 cm³/mol. The number of carbonyl (C=O) groups excluding carboxylic acids is 1. The number of aryl methyl sites for hydroxylation is 2. The van der Waals surface area contributed by atoms with E-state index in [1.165, 1.54) is 17.7 Å². The van der Waals surface area contributed by atoms with Gasteiger partial charge in [0, 0.05) is 37.1 Å². The molecule has 3 heterocycles. The maximum Gasteiger partial charge on any atom is 0.220 e. The van der Waals surface area contributed by atoms with E-state index in [9.17, 15) is 4.79 Å². The summed E-state index contributed by atoms with van der Waals surface area (Å²) in [6.07, 6.45) is 7.45. The molecule has 3 rings (SSSR count). The summed E-state index contributed by atoms with van der Waals surface area (Å²) in [5.41, 5.74) is 1.11.